The molecule has 0 spiro atoms. The molecule has 110 valence electrons. The zero-order valence-corrected chi connectivity index (χ0v) is 12.9. The highest BCUT2D eigenvalue weighted by Gasteiger charge is 2.21. The number of hydrogen-bond donors (Lipinski definition) is 1. The van der Waals surface area contributed by atoms with E-state index in [-0.39, 0.29) is 5.75 Å². The summed E-state index contributed by atoms with van der Waals surface area (Å²) in [6.45, 7) is 0. The molecule has 1 aliphatic rings. The van der Waals surface area contributed by atoms with E-state index >= 15 is 0 Å². The van der Waals surface area contributed by atoms with E-state index in [1.54, 1.807) is 23.9 Å². The Balaban J connectivity index is 1.86. The van der Waals surface area contributed by atoms with Gasteiger partial charge < -0.3 is 4.18 Å². The molecule has 1 heterocycles. The zero-order valence-electron chi connectivity index (χ0n) is 11.2. The van der Waals surface area contributed by atoms with Crippen LogP contribution in [0.25, 0.3) is 0 Å². The van der Waals surface area contributed by atoms with E-state index in [4.69, 9.17) is 9.32 Å². The second-order valence-electron chi connectivity index (χ2n) is 4.90. The van der Waals surface area contributed by atoms with Gasteiger partial charge in [0.2, 0.25) is 0 Å². The van der Waals surface area contributed by atoms with Crippen LogP contribution in [-0.4, -0.2) is 8.42 Å². The van der Waals surface area contributed by atoms with Crippen molar-refractivity contribution in [2.24, 2.45) is 5.14 Å². The largest absolute Gasteiger partial charge is 0.380 e. The number of fused-ring (bicyclic) bond motifs is 1. The maximum absolute atomic E-state index is 11.0. The number of thioether (sulfide) groups is 1. The highest BCUT2D eigenvalue weighted by molar-refractivity contribution is 7.99. The minimum atomic E-state index is -3.98. The SMILES string of the molecule is NS(=O)(=O)Oc1ccc2c(c1)SC(c1ccccc1)CC2. The van der Waals surface area contributed by atoms with Crippen molar-refractivity contribution in [2.45, 2.75) is 23.0 Å². The molecule has 0 saturated heterocycles. The average molecular weight is 321 g/mol. The van der Waals surface area contributed by atoms with Crippen LogP contribution in [0.3, 0.4) is 0 Å². The molecule has 6 heteroatoms. The molecule has 0 fully saturated rings. The Hall–Kier alpha value is -1.50. The highest BCUT2D eigenvalue weighted by Crippen LogP contribution is 2.45. The molecule has 2 aromatic rings. The summed E-state index contributed by atoms with van der Waals surface area (Å²) < 4.78 is 26.8. The number of benzene rings is 2. The zero-order chi connectivity index (χ0) is 14.9. The second kappa shape index (κ2) is 5.71. The molecule has 0 aromatic heterocycles. The molecule has 2 aromatic carbocycles. The highest BCUT2D eigenvalue weighted by atomic mass is 32.2. The summed E-state index contributed by atoms with van der Waals surface area (Å²) in [5.74, 6) is 0.262. The van der Waals surface area contributed by atoms with Gasteiger partial charge >= 0.3 is 10.3 Å². The van der Waals surface area contributed by atoms with Crippen molar-refractivity contribution >= 4 is 22.1 Å². The van der Waals surface area contributed by atoms with E-state index in [9.17, 15) is 8.42 Å². The van der Waals surface area contributed by atoms with Crippen molar-refractivity contribution in [1.82, 2.24) is 0 Å². The molecule has 1 atom stereocenters. The minimum Gasteiger partial charge on any atom is -0.371 e. The first-order valence-electron chi connectivity index (χ1n) is 6.58. The predicted octanol–water partition coefficient (Wildman–Crippen LogP) is 3.05. The van der Waals surface area contributed by atoms with E-state index in [0.29, 0.717) is 5.25 Å². The van der Waals surface area contributed by atoms with Crippen LogP contribution in [0.1, 0.15) is 22.8 Å². The van der Waals surface area contributed by atoms with Crippen LogP contribution < -0.4 is 9.32 Å². The van der Waals surface area contributed by atoms with Gasteiger partial charge in [0.25, 0.3) is 0 Å². The Morgan fingerprint density at radius 2 is 1.90 bits per heavy atom. The lowest BCUT2D eigenvalue weighted by molar-refractivity contribution is 0.486. The third-order valence-electron chi connectivity index (χ3n) is 3.37. The minimum absolute atomic E-state index is 0.262. The van der Waals surface area contributed by atoms with Crippen LogP contribution in [-0.2, 0) is 16.7 Å². The lowest BCUT2D eigenvalue weighted by Gasteiger charge is -2.24. The van der Waals surface area contributed by atoms with Crippen molar-refractivity contribution in [2.75, 3.05) is 0 Å². The number of hydrogen-bond acceptors (Lipinski definition) is 4. The summed E-state index contributed by atoms with van der Waals surface area (Å²) in [4.78, 5) is 1.05. The van der Waals surface area contributed by atoms with Gasteiger partial charge in [-0.1, -0.05) is 36.4 Å². The fraction of sp³-hybridized carbons (Fsp3) is 0.200. The maximum atomic E-state index is 11.0. The standard InChI is InChI=1S/C15H15NO3S2/c16-21(17,18)19-13-8-6-12-7-9-14(20-15(12)10-13)11-4-2-1-3-5-11/h1-6,8,10,14H,7,9H2,(H2,16,17,18). The topological polar surface area (TPSA) is 69.4 Å². The fourth-order valence-electron chi connectivity index (χ4n) is 2.44. The van der Waals surface area contributed by atoms with Gasteiger partial charge in [-0.25, -0.2) is 0 Å². The predicted molar refractivity (Wildman–Crippen MR) is 83.5 cm³/mol. The first kappa shape index (κ1) is 14.4. The molecule has 0 aliphatic carbocycles. The third-order valence-corrected chi connectivity index (χ3v) is 5.22. The molecule has 3 rings (SSSR count). The molecule has 0 radical (unpaired) electrons. The Morgan fingerprint density at radius 1 is 1.14 bits per heavy atom. The van der Waals surface area contributed by atoms with Gasteiger partial charge in [0.15, 0.2) is 0 Å². The van der Waals surface area contributed by atoms with E-state index < -0.39 is 10.3 Å². The van der Waals surface area contributed by atoms with Crippen molar-refractivity contribution in [3.63, 3.8) is 0 Å². The molecule has 1 aliphatic heterocycles. The quantitative estimate of drug-likeness (QED) is 0.943. The average Bonchev–Trinajstić information content (AvgIpc) is 2.46. The summed E-state index contributed by atoms with van der Waals surface area (Å²) in [5.41, 5.74) is 2.50. The fourth-order valence-corrected chi connectivity index (χ4v) is 4.15. The Kier molecular flexibility index (Phi) is 3.93. The van der Waals surface area contributed by atoms with Gasteiger partial charge in [0.1, 0.15) is 5.75 Å². The summed E-state index contributed by atoms with van der Waals surface area (Å²) >= 11 is 1.73. The summed E-state index contributed by atoms with van der Waals surface area (Å²) in [5, 5.41) is 5.28. The van der Waals surface area contributed by atoms with Crippen LogP contribution in [0.2, 0.25) is 0 Å². The number of nitrogens with two attached hydrogens (primary N) is 1. The molecular weight excluding hydrogens is 306 g/mol. The van der Waals surface area contributed by atoms with Gasteiger partial charge in [-0.05, 0) is 36.1 Å². The van der Waals surface area contributed by atoms with E-state index in [1.807, 2.05) is 24.3 Å². The van der Waals surface area contributed by atoms with Crippen LogP contribution in [0, 0.1) is 0 Å². The van der Waals surface area contributed by atoms with E-state index in [1.165, 1.54) is 11.1 Å². The van der Waals surface area contributed by atoms with Crippen molar-refractivity contribution in [3.8, 4) is 5.75 Å². The van der Waals surface area contributed by atoms with Crippen LogP contribution in [0.4, 0.5) is 0 Å². The van der Waals surface area contributed by atoms with Crippen LogP contribution >= 0.6 is 11.8 Å². The van der Waals surface area contributed by atoms with Crippen molar-refractivity contribution in [3.05, 3.63) is 59.7 Å². The lowest BCUT2D eigenvalue weighted by atomic mass is 10.0. The van der Waals surface area contributed by atoms with Crippen molar-refractivity contribution in [1.29, 1.82) is 0 Å². The third kappa shape index (κ3) is 3.58. The first-order chi connectivity index (χ1) is 10.0. The second-order valence-corrected chi connectivity index (χ2v) is 7.30. The van der Waals surface area contributed by atoms with E-state index in [0.717, 1.165) is 17.7 Å². The van der Waals surface area contributed by atoms with Gasteiger partial charge in [-0.2, -0.15) is 13.6 Å². The summed E-state index contributed by atoms with van der Waals surface area (Å²) in [6, 6.07) is 15.6. The van der Waals surface area contributed by atoms with Crippen molar-refractivity contribution < 1.29 is 12.6 Å². The molecule has 0 amide bonds. The maximum Gasteiger partial charge on any atom is 0.380 e. The Morgan fingerprint density at radius 3 is 2.62 bits per heavy atom. The summed E-state index contributed by atoms with van der Waals surface area (Å²) in [6.07, 6.45) is 2.04. The molecule has 0 saturated carbocycles. The molecular formula is C15H15NO3S2. The monoisotopic (exact) mass is 321 g/mol. The lowest BCUT2D eigenvalue weighted by Crippen LogP contribution is -2.19. The Bertz CT molecular complexity index is 745. The number of rotatable bonds is 3. The van der Waals surface area contributed by atoms with E-state index in [2.05, 4.69) is 12.1 Å². The molecule has 21 heavy (non-hydrogen) atoms. The normalized spacial score (nSPS) is 18.0. The molecule has 1 unspecified atom stereocenters. The molecule has 2 N–H and O–H groups in total. The first-order valence-corrected chi connectivity index (χ1v) is 8.93. The summed E-state index contributed by atoms with van der Waals surface area (Å²) in [7, 11) is -3.98. The molecule has 0 bridgehead atoms. The Labute approximate surface area is 128 Å². The van der Waals surface area contributed by atoms with Gasteiger partial charge in [-0.15, -0.1) is 11.8 Å². The molecule has 4 nitrogen and oxygen atoms in total. The smallest absolute Gasteiger partial charge is 0.371 e. The number of aryl methyl sites for hydroxylation is 1. The van der Waals surface area contributed by atoms with Gasteiger partial charge in [-0.3, -0.25) is 0 Å². The van der Waals surface area contributed by atoms with Crippen LogP contribution in [0.5, 0.6) is 5.75 Å². The van der Waals surface area contributed by atoms with Gasteiger partial charge in [0, 0.05) is 10.1 Å². The van der Waals surface area contributed by atoms with Gasteiger partial charge in [0.05, 0.1) is 0 Å². The van der Waals surface area contributed by atoms with Crippen LogP contribution in [0.15, 0.2) is 53.4 Å².